The lowest BCUT2D eigenvalue weighted by atomic mass is 9.88. The summed E-state index contributed by atoms with van der Waals surface area (Å²) >= 11 is 0. The molecule has 0 spiro atoms. The Morgan fingerprint density at radius 3 is 2.83 bits per heavy atom. The van der Waals surface area contributed by atoms with E-state index in [9.17, 15) is 5.11 Å². The molecule has 2 fully saturated rings. The molecule has 1 aliphatic heterocycles. The minimum Gasteiger partial charge on any atom is -0.392 e. The molecule has 1 saturated carbocycles. The number of hydrogen-bond acceptors (Lipinski definition) is 3. The number of piperidine rings is 1. The van der Waals surface area contributed by atoms with E-state index >= 15 is 0 Å². The van der Waals surface area contributed by atoms with Crippen molar-refractivity contribution in [2.75, 3.05) is 13.1 Å². The van der Waals surface area contributed by atoms with Gasteiger partial charge in [0.15, 0.2) is 0 Å². The second-order valence-corrected chi connectivity index (χ2v) is 6.11. The van der Waals surface area contributed by atoms with Crippen LogP contribution in [0.25, 0.3) is 0 Å². The van der Waals surface area contributed by atoms with Crippen LogP contribution in [-0.2, 0) is 0 Å². The molecule has 0 aromatic rings. The minimum absolute atomic E-state index is 0.157. The Balaban J connectivity index is 1.76. The number of hydrogen-bond donors (Lipinski definition) is 3. The second-order valence-electron chi connectivity index (χ2n) is 6.11. The van der Waals surface area contributed by atoms with Crippen LogP contribution in [0.3, 0.4) is 0 Å². The first kappa shape index (κ1) is 14.3. The summed E-state index contributed by atoms with van der Waals surface area (Å²) in [6.07, 6.45) is 9.92. The molecular weight excluding hydrogens is 224 g/mol. The van der Waals surface area contributed by atoms with Gasteiger partial charge in [-0.1, -0.05) is 26.2 Å². The van der Waals surface area contributed by atoms with Gasteiger partial charge in [-0.2, -0.15) is 0 Å². The summed E-state index contributed by atoms with van der Waals surface area (Å²) in [5.74, 6) is 0.791. The topological polar surface area (TPSA) is 44.3 Å². The molecule has 0 radical (unpaired) electrons. The minimum atomic E-state index is -0.157. The smallest absolute Gasteiger partial charge is 0.0664 e. The molecule has 4 atom stereocenters. The monoisotopic (exact) mass is 254 g/mol. The van der Waals surface area contributed by atoms with Crippen LogP contribution >= 0.6 is 0 Å². The first-order valence-corrected chi connectivity index (χ1v) is 7.96. The summed E-state index contributed by atoms with van der Waals surface area (Å²) in [6, 6.07) is 1.36. The van der Waals surface area contributed by atoms with E-state index in [-0.39, 0.29) is 6.10 Å². The molecule has 3 nitrogen and oxygen atoms in total. The highest BCUT2D eigenvalue weighted by atomic mass is 16.3. The lowest BCUT2D eigenvalue weighted by molar-refractivity contribution is 0.149. The van der Waals surface area contributed by atoms with Gasteiger partial charge in [-0.15, -0.1) is 0 Å². The van der Waals surface area contributed by atoms with E-state index in [1.165, 1.54) is 45.1 Å². The van der Waals surface area contributed by atoms with Crippen LogP contribution in [0.15, 0.2) is 0 Å². The van der Waals surface area contributed by atoms with Gasteiger partial charge in [-0.3, -0.25) is 0 Å². The first-order valence-electron chi connectivity index (χ1n) is 7.96. The van der Waals surface area contributed by atoms with Crippen LogP contribution in [-0.4, -0.2) is 36.4 Å². The largest absolute Gasteiger partial charge is 0.392 e. The Hall–Kier alpha value is -0.120. The molecule has 2 aliphatic rings. The van der Waals surface area contributed by atoms with Gasteiger partial charge in [-0.05, 0) is 44.6 Å². The maximum atomic E-state index is 9.83. The van der Waals surface area contributed by atoms with Crippen molar-refractivity contribution in [1.82, 2.24) is 10.6 Å². The van der Waals surface area contributed by atoms with Gasteiger partial charge in [0.05, 0.1) is 6.10 Å². The van der Waals surface area contributed by atoms with Crippen molar-refractivity contribution in [3.8, 4) is 0 Å². The van der Waals surface area contributed by atoms with Gasteiger partial charge in [0.2, 0.25) is 0 Å². The van der Waals surface area contributed by atoms with E-state index in [2.05, 4.69) is 17.6 Å². The van der Waals surface area contributed by atoms with Crippen LogP contribution in [0, 0.1) is 5.92 Å². The molecule has 18 heavy (non-hydrogen) atoms. The van der Waals surface area contributed by atoms with E-state index in [1.807, 2.05) is 0 Å². The Morgan fingerprint density at radius 1 is 1.22 bits per heavy atom. The molecule has 3 heteroatoms. The highest BCUT2D eigenvalue weighted by molar-refractivity contribution is 4.92. The molecule has 0 aromatic heterocycles. The molecule has 1 heterocycles. The average Bonchev–Trinajstić information content (AvgIpc) is 2.86. The maximum Gasteiger partial charge on any atom is 0.0664 e. The van der Waals surface area contributed by atoms with Crippen LogP contribution in [0.4, 0.5) is 0 Å². The second kappa shape index (κ2) is 7.46. The highest BCUT2D eigenvalue weighted by Crippen LogP contribution is 2.31. The zero-order valence-electron chi connectivity index (χ0n) is 11.8. The van der Waals surface area contributed by atoms with Crippen LogP contribution in [0.1, 0.15) is 58.3 Å². The number of nitrogens with one attached hydrogen (secondary N) is 2. The zero-order valence-corrected chi connectivity index (χ0v) is 11.8. The van der Waals surface area contributed by atoms with E-state index in [0.29, 0.717) is 6.04 Å². The van der Waals surface area contributed by atoms with E-state index in [4.69, 9.17) is 0 Å². The van der Waals surface area contributed by atoms with Gasteiger partial charge in [-0.25, -0.2) is 0 Å². The predicted molar refractivity (Wildman–Crippen MR) is 75.7 cm³/mol. The van der Waals surface area contributed by atoms with Crippen molar-refractivity contribution in [2.45, 2.75) is 76.5 Å². The highest BCUT2D eigenvalue weighted by Gasteiger charge is 2.33. The van der Waals surface area contributed by atoms with Crippen LogP contribution < -0.4 is 10.6 Å². The molecule has 3 N–H and O–H groups in total. The maximum absolute atomic E-state index is 9.83. The lowest BCUT2D eigenvalue weighted by Gasteiger charge is -2.33. The molecule has 0 amide bonds. The van der Waals surface area contributed by atoms with Gasteiger partial charge in [0.1, 0.15) is 0 Å². The zero-order chi connectivity index (χ0) is 12.8. The molecule has 0 bridgehead atoms. The van der Waals surface area contributed by atoms with Crippen LogP contribution in [0.5, 0.6) is 0 Å². The summed E-state index contributed by atoms with van der Waals surface area (Å²) in [6.45, 7) is 4.11. The number of rotatable bonds is 6. The van der Waals surface area contributed by atoms with Crippen LogP contribution in [0.2, 0.25) is 0 Å². The van der Waals surface area contributed by atoms with Crippen molar-refractivity contribution in [3.05, 3.63) is 0 Å². The SMILES string of the molecule is CCCC(O)CNC1CCCC1C1CCCCN1. The van der Waals surface area contributed by atoms with Crippen molar-refractivity contribution < 1.29 is 5.11 Å². The Kier molecular flexibility index (Phi) is 5.93. The van der Waals surface area contributed by atoms with E-state index < -0.39 is 0 Å². The fraction of sp³-hybridized carbons (Fsp3) is 1.00. The summed E-state index contributed by atoms with van der Waals surface area (Å²) < 4.78 is 0. The summed E-state index contributed by atoms with van der Waals surface area (Å²) in [4.78, 5) is 0. The summed E-state index contributed by atoms with van der Waals surface area (Å²) in [5.41, 5.74) is 0. The van der Waals surface area contributed by atoms with Gasteiger partial charge >= 0.3 is 0 Å². The van der Waals surface area contributed by atoms with E-state index in [0.717, 1.165) is 31.3 Å². The van der Waals surface area contributed by atoms with Crippen molar-refractivity contribution in [3.63, 3.8) is 0 Å². The molecule has 1 saturated heterocycles. The lowest BCUT2D eigenvalue weighted by Crippen LogP contribution is -2.48. The van der Waals surface area contributed by atoms with Crippen molar-refractivity contribution >= 4 is 0 Å². The Bertz CT molecular complexity index is 229. The quantitative estimate of drug-likeness (QED) is 0.680. The molecule has 106 valence electrons. The molecular formula is C15H30N2O. The third-order valence-corrected chi connectivity index (χ3v) is 4.67. The summed E-state index contributed by atoms with van der Waals surface area (Å²) in [7, 11) is 0. The van der Waals surface area contributed by atoms with Gasteiger partial charge in [0, 0.05) is 18.6 Å². The third kappa shape index (κ3) is 3.94. The normalized spacial score (nSPS) is 34.7. The molecule has 4 unspecified atom stereocenters. The van der Waals surface area contributed by atoms with Crippen molar-refractivity contribution in [2.24, 2.45) is 5.92 Å². The Labute approximate surface area is 112 Å². The van der Waals surface area contributed by atoms with E-state index in [1.54, 1.807) is 0 Å². The fourth-order valence-corrected chi connectivity index (χ4v) is 3.69. The van der Waals surface area contributed by atoms with Crippen molar-refractivity contribution in [1.29, 1.82) is 0 Å². The van der Waals surface area contributed by atoms with Gasteiger partial charge < -0.3 is 15.7 Å². The average molecular weight is 254 g/mol. The van der Waals surface area contributed by atoms with Gasteiger partial charge in [0.25, 0.3) is 0 Å². The standard InChI is InChI=1S/C15H30N2O/c1-2-6-12(18)11-17-15-9-5-7-13(15)14-8-3-4-10-16-14/h12-18H,2-11H2,1H3. The molecule has 2 rings (SSSR count). The number of aliphatic hydroxyl groups is 1. The number of aliphatic hydroxyl groups excluding tert-OH is 1. The first-order chi connectivity index (χ1) is 8.81. The third-order valence-electron chi connectivity index (χ3n) is 4.67. The fourth-order valence-electron chi connectivity index (χ4n) is 3.69. The summed E-state index contributed by atoms with van der Waals surface area (Å²) in [5, 5.41) is 17.2. The molecule has 0 aromatic carbocycles. The molecule has 1 aliphatic carbocycles. The Morgan fingerprint density at radius 2 is 2.11 bits per heavy atom. The predicted octanol–water partition coefficient (Wildman–Crippen LogP) is 2.05.